The second-order valence-corrected chi connectivity index (χ2v) is 6.88. The molecule has 0 spiro atoms. The molecule has 4 rings (SSSR count). The van der Waals surface area contributed by atoms with Crippen molar-refractivity contribution in [1.82, 2.24) is 24.8 Å². The number of pyridine rings is 1. The molecule has 1 aromatic carbocycles. The van der Waals surface area contributed by atoms with E-state index in [1.807, 2.05) is 29.0 Å². The molecule has 1 fully saturated rings. The highest BCUT2D eigenvalue weighted by molar-refractivity contribution is 5.94. The number of carbonyl (C=O) groups excluding carboxylic acids is 1. The van der Waals surface area contributed by atoms with Gasteiger partial charge in [0, 0.05) is 44.3 Å². The molecule has 1 aliphatic heterocycles. The Kier molecular flexibility index (Phi) is 5.25. The van der Waals surface area contributed by atoms with Gasteiger partial charge in [-0.2, -0.15) is 0 Å². The van der Waals surface area contributed by atoms with Gasteiger partial charge in [0.2, 0.25) is 0 Å². The molecule has 27 heavy (non-hydrogen) atoms. The lowest BCUT2D eigenvalue weighted by molar-refractivity contribution is 0.0908. The summed E-state index contributed by atoms with van der Waals surface area (Å²) in [6, 6.07) is 14.4. The Morgan fingerprint density at radius 3 is 2.59 bits per heavy atom. The molecule has 0 bridgehead atoms. The van der Waals surface area contributed by atoms with Gasteiger partial charge in [-0.25, -0.2) is 9.97 Å². The van der Waals surface area contributed by atoms with E-state index in [4.69, 9.17) is 0 Å². The number of piperidine rings is 1. The topological polar surface area (TPSA) is 63.1 Å². The third kappa shape index (κ3) is 4.41. The Labute approximate surface area is 158 Å². The molecule has 1 N–H and O–H groups in total. The molecule has 2 aromatic heterocycles. The Morgan fingerprint density at radius 1 is 1.11 bits per heavy atom. The van der Waals surface area contributed by atoms with Crippen LogP contribution in [0.25, 0.3) is 5.82 Å². The first-order valence-electron chi connectivity index (χ1n) is 9.29. The van der Waals surface area contributed by atoms with Crippen LogP contribution in [-0.4, -0.2) is 44.5 Å². The fourth-order valence-corrected chi connectivity index (χ4v) is 3.41. The number of likely N-dealkylation sites (tertiary alicyclic amines) is 1. The Bertz CT molecular complexity index is 853. The van der Waals surface area contributed by atoms with E-state index >= 15 is 0 Å². The van der Waals surface area contributed by atoms with Crippen LogP contribution >= 0.6 is 0 Å². The number of imidazole rings is 1. The number of hydrogen-bond donors (Lipinski definition) is 1. The first-order valence-corrected chi connectivity index (χ1v) is 9.29. The minimum absolute atomic E-state index is 0.0545. The molecule has 0 saturated carbocycles. The summed E-state index contributed by atoms with van der Waals surface area (Å²) in [5, 5.41) is 3.15. The van der Waals surface area contributed by atoms with E-state index in [2.05, 4.69) is 44.5 Å². The number of carbonyl (C=O) groups is 1. The molecule has 138 valence electrons. The van der Waals surface area contributed by atoms with Crippen molar-refractivity contribution in [1.29, 1.82) is 0 Å². The van der Waals surface area contributed by atoms with Crippen LogP contribution < -0.4 is 5.32 Å². The molecule has 0 aliphatic carbocycles. The summed E-state index contributed by atoms with van der Waals surface area (Å²) in [5.74, 6) is 0.694. The molecule has 6 nitrogen and oxygen atoms in total. The summed E-state index contributed by atoms with van der Waals surface area (Å²) in [7, 11) is 0. The van der Waals surface area contributed by atoms with Gasteiger partial charge in [-0.05, 0) is 30.5 Å². The number of nitrogens with one attached hydrogen (secondary N) is 1. The average molecular weight is 361 g/mol. The molecular weight excluding hydrogens is 338 g/mol. The summed E-state index contributed by atoms with van der Waals surface area (Å²) < 4.78 is 1.81. The van der Waals surface area contributed by atoms with E-state index in [-0.39, 0.29) is 11.9 Å². The van der Waals surface area contributed by atoms with Crippen molar-refractivity contribution in [2.75, 3.05) is 13.1 Å². The van der Waals surface area contributed by atoms with Crippen LogP contribution in [-0.2, 0) is 6.54 Å². The summed E-state index contributed by atoms with van der Waals surface area (Å²) in [4.78, 5) is 23.3. The smallest absolute Gasteiger partial charge is 0.253 e. The maximum Gasteiger partial charge on any atom is 0.253 e. The zero-order valence-corrected chi connectivity index (χ0v) is 15.2. The second kappa shape index (κ2) is 8.14. The summed E-state index contributed by atoms with van der Waals surface area (Å²) in [5.41, 5.74) is 1.93. The summed E-state index contributed by atoms with van der Waals surface area (Å²) in [6.45, 7) is 2.97. The normalized spacial score (nSPS) is 15.6. The lowest BCUT2D eigenvalue weighted by Gasteiger charge is -2.32. The van der Waals surface area contributed by atoms with Gasteiger partial charge < -0.3 is 5.32 Å². The monoisotopic (exact) mass is 361 g/mol. The van der Waals surface area contributed by atoms with Crippen molar-refractivity contribution >= 4 is 5.91 Å². The zero-order valence-electron chi connectivity index (χ0n) is 15.2. The SMILES string of the molecule is O=C(NC1CCN(Cc2ccccc2)CC1)c1ccc(-n2ccnc2)nc1. The van der Waals surface area contributed by atoms with Crippen LogP contribution in [0.5, 0.6) is 0 Å². The number of rotatable bonds is 5. The Hall–Kier alpha value is -2.99. The first kappa shape index (κ1) is 17.4. The highest BCUT2D eigenvalue weighted by Crippen LogP contribution is 2.14. The minimum Gasteiger partial charge on any atom is -0.349 e. The highest BCUT2D eigenvalue weighted by atomic mass is 16.1. The van der Waals surface area contributed by atoms with Gasteiger partial charge in [-0.3, -0.25) is 14.3 Å². The minimum atomic E-state index is -0.0545. The Balaban J connectivity index is 1.28. The molecular formula is C21H23N5O. The predicted octanol–water partition coefficient (Wildman–Crippen LogP) is 2.66. The van der Waals surface area contributed by atoms with Gasteiger partial charge in [-0.1, -0.05) is 30.3 Å². The van der Waals surface area contributed by atoms with Crippen molar-refractivity contribution in [2.45, 2.75) is 25.4 Å². The van der Waals surface area contributed by atoms with E-state index in [0.29, 0.717) is 5.56 Å². The molecule has 0 radical (unpaired) electrons. The third-order valence-corrected chi connectivity index (χ3v) is 4.95. The number of aromatic nitrogens is 3. The van der Waals surface area contributed by atoms with Gasteiger partial charge >= 0.3 is 0 Å². The van der Waals surface area contributed by atoms with Crippen molar-refractivity contribution in [3.8, 4) is 5.82 Å². The van der Waals surface area contributed by atoms with Crippen LogP contribution in [0.3, 0.4) is 0 Å². The molecule has 3 heterocycles. The van der Waals surface area contributed by atoms with Crippen molar-refractivity contribution < 1.29 is 4.79 Å². The van der Waals surface area contributed by atoms with E-state index < -0.39 is 0 Å². The number of amides is 1. The largest absolute Gasteiger partial charge is 0.349 e. The number of benzene rings is 1. The molecule has 1 saturated heterocycles. The summed E-state index contributed by atoms with van der Waals surface area (Å²) in [6.07, 6.45) is 8.77. The maximum atomic E-state index is 12.5. The van der Waals surface area contributed by atoms with E-state index in [1.54, 1.807) is 18.7 Å². The van der Waals surface area contributed by atoms with Crippen molar-refractivity contribution in [2.24, 2.45) is 0 Å². The second-order valence-electron chi connectivity index (χ2n) is 6.88. The van der Waals surface area contributed by atoms with Gasteiger partial charge in [0.15, 0.2) is 0 Å². The molecule has 3 aromatic rings. The fraction of sp³-hybridized carbons (Fsp3) is 0.286. The third-order valence-electron chi connectivity index (χ3n) is 4.95. The average Bonchev–Trinajstić information content (AvgIpc) is 3.25. The molecule has 0 unspecified atom stereocenters. The molecule has 0 atom stereocenters. The van der Waals surface area contributed by atoms with Gasteiger partial charge in [-0.15, -0.1) is 0 Å². The quantitative estimate of drug-likeness (QED) is 0.759. The summed E-state index contributed by atoms with van der Waals surface area (Å²) >= 11 is 0. The van der Waals surface area contributed by atoms with Crippen LogP contribution in [0.4, 0.5) is 0 Å². The highest BCUT2D eigenvalue weighted by Gasteiger charge is 2.21. The van der Waals surface area contributed by atoms with Crippen LogP contribution in [0.1, 0.15) is 28.8 Å². The first-order chi connectivity index (χ1) is 13.3. The van der Waals surface area contributed by atoms with Gasteiger partial charge in [0.05, 0.1) is 5.56 Å². The molecule has 1 amide bonds. The standard InChI is InChI=1S/C21H23N5O/c27-21(18-6-7-20(23-14-18)26-13-10-22-16-26)24-19-8-11-25(12-9-19)15-17-4-2-1-3-5-17/h1-7,10,13-14,16,19H,8-9,11-12,15H2,(H,24,27). The predicted molar refractivity (Wildman–Crippen MR) is 104 cm³/mol. The van der Waals surface area contributed by atoms with Crippen LogP contribution in [0, 0.1) is 0 Å². The number of nitrogens with zero attached hydrogens (tertiary/aromatic N) is 4. The van der Waals surface area contributed by atoms with E-state index in [0.717, 1.165) is 38.3 Å². The fourth-order valence-electron chi connectivity index (χ4n) is 3.41. The van der Waals surface area contributed by atoms with Crippen LogP contribution in [0.15, 0.2) is 67.4 Å². The van der Waals surface area contributed by atoms with E-state index in [9.17, 15) is 4.79 Å². The van der Waals surface area contributed by atoms with Crippen molar-refractivity contribution in [3.63, 3.8) is 0 Å². The maximum absolute atomic E-state index is 12.5. The molecule has 6 heteroatoms. The van der Waals surface area contributed by atoms with E-state index in [1.165, 1.54) is 5.56 Å². The van der Waals surface area contributed by atoms with Gasteiger partial charge in [0.25, 0.3) is 5.91 Å². The lowest BCUT2D eigenvalue weighted by Crippen LogP contribution is -2.44. The zero-order chi connectivity index (χ0) is 18.5. The van der Waals surface area contributed by atoms with Gasteiger partial charge in [0.1, 0.15) is 12.1 Å². The van der Waals surface area contributed by atoms with Crippen molar-refractivity contribution in [3.05, 3.63) is 78.5 Å². The lowest BCUT2D eigenvalue weighted by atomic mass is 10.0. The Morgan fingerprint density at radius 2 is 1.93 bits per heavy atom. The molecule has 1 aliphatic rings. The van der Waals surface area contributed by atoms with Crippen LogP contribution in [0.2, 0.25) is 0 Å². The number of hydrogen-bond acceptors (Lipinski definition) is 4.